The Morgan fingerprint density at radius 2 is 1.85 bits per heavy atom. The molecule has 0 spiro atoms. The molecule has 0 saturated heterocycles. The van der Waals surface area contributed by atoms with Gasteiger partial charge in [-0.05, 0) is 58.3 Å². The van der Waals surface area contributed by atoms with E-state index >= 15 is 0 Å². The number of nitrogens with zero attached hydrogens (tertiary/aromatic N) is 1. The van der Waals surface area contributed by atoms with Crippen LogP contribution in [0.15, 0.2) is 24.3 Å². The van der Waals surface area contributed by atoms with Crippen LogP contribution in [0.4, 0.5) is 0 Å². The second kappa shape index (κ2) is 7.80. The van der Waals surface area contributed by atoms with Crippen molar-refractivity contribution in [3.63, 3.8) is 0 Å². The first-order valence-corrected chi connectivity index (χ1v) is 8.11. The SMILES string of the molecule is CNC(CCN(C)CC1CCCC1)c1ccc(C)cc1. The number of aryl methyl sites for hydroxylation is 1. The van der Waals surface area contributed by atoms with Gasteiger partial charge in [0.05, 0.1) is 0 Å². The van der Waals surface area contributed by atoms with Crippen molar-refractivity contribution in [2.45, 2.75) is 45.1 Å². The molecule has 1 aromatic carbocycles. The summed E-state index contributed by atoms with van der Waals surface area (Å²) >= 11 is 0. The van der Waals surface area contributed by atoms with Gasteiger partial charge in [0.1, 0.15) is 0 Å². The zero-order valence-electron chi connectivity index (χ0n) is 13.4. The van der Waals surface area contributed by atoms with E-state index in [1.165, 1.54) is 56.3 Å². The number of nitrogens with one attached hydrogen (secondary N) is 1. The van der Waals surface area contributed by atoms with Gasteiger partial charge in [-0.25, -0.2) is 0 Å². The Balaban J connectivity index is 1.79. The summed E-state index contributed by atoms with van der Waals surface area (Å²) in [6, 6.07) is 9.41. The third-order valence-corrected chi connectivity index (χ3v) is 4.67. The highest BCUT2D eigenvalue weighted by Gasteiger charge is 2.17. The molecule has 20 heavy (non-hydrogen) atoms. The third kappa shape index (κ3) is 4.60. The third-order valence-electron chi connectivity index (χ3n) is 4.67. The standard InChI is InChI=1S/C18H30N2/c1-15-8-10-17(11-9-15)18(19-2)12-13-20(3)14-16-6-4-5-7-16/h8-11,16,18-19H,4-7,12-14H2,1-3H3. The fraction of sp³-hybridized carbons (Fsp3) is 0.667. The van der Waals surface area contributed by atoms with Gasteiger partial charge in [-0.15, -0.1) is 0 Å². The van der Waals surface area contributed by atoms with Crippen LogP contribution in [0.5, 0.6) is 0 Å². The van der Waals surface area contributed by atoms with Gasteiger partial charge >= 0.3 is 0 Å². The molecule has 0 heterocycles. The van der Waals surface area contributed by atoms with Crippen LogP contribution in [0.3, 0.4) is 0 Å². The maximum atomic E-state index is 3.46. The quantitative estimate of drug-likeness (QED) is 0.814. The van der Waals surface area contributed by atoms with E-state index in [-0.39, 0.29) is 0 Å². The zero-order valence-corrected chi connectivity index (χ0v) is 13.4. The molecule has 1 atom stereocenters. The lowest BCUT2D eigenvalue weighted by Gasteiger charge is -2.24. The second-order valence-corrected chi connectivity index (χ2v) is 6.45. The Morgan fingerprint density at radius 1 is 1.20 bits per heavy atom. The summed E-state index contributed by atoms with van der Waals surface area (Å²) < 4.78 is 0. The minimum Gasteiger partial charge on any atom is -0.313 e. The van der Waals surface area contributed by atoms with Crippen molar-refractivity contribution in [1.82, 2.24) is 10.2 Å². The molecule has 0 aliphatic heterocycles. The Hall–Kier alpha value is -0.860. The molecule has 1 N–H and O–H groups in total. The summed E-state index contributed by atoms with van der Waals surface area (Å²) in [6.07, 6.45) is 6.96. The van der Waals surface area contributed by atoms with Crippen LogP contribution in [0.25, 0.3) is 0 Å². The molecule has 1 unspecified atom stereocenters. The van der Waals surface area contributed by atoms with E-state index in [4.69, 9.17) is 0 Å². The molecule has 1 saturated carbocycles. The molecule has 1 aromatic rings. The van der Waals surface area contributed by atoms with Crippen LogP contribution in [0, 0.1) is 12.8 Å². The minimum absolute atomic E-state index is 0.474. The average molecular weight is 274 g/mol. The topological polar surface area (TPSA) is 15.3 Å². The molecular formula is C18H30N2. The molecule has 0 amide bonds. The van der Waals surface area contributed by atoms with Gasteiger partial charge < -0.3 is 10.2 Å². The van der Waals surface area contributed by atoms with E-state index in [1.807, 2.05) is 0 Å². The first kappa shape index (κ1) is 15.5. The lowest BCUT2D eigenvalue weighted by molar-refractivity contribution is 0.264. The lowest BCUT2D eigenvalue weighted by atomic mass is 10.0. The van der Waals surface area contributed by atoms with Crippen molar-refractivity contribution in [3.05, 3.63) is 35.4 Å². The maximum Gasteiger partial charge on any atom is 0.0329 e. The van der Waals surface area contributed by atoms with Crippen molar-refractivity contribution in [1.29, 1.82) is 0 Å². The van der Waals surface area contributed by atoms with E-state index in [2.05, 4.69) is 55.5 Å². The summed E-state index contributed by atoms with van der Waals surface area (Å²) in [7, 11) is 4.35. The molecular weight excluding hydrogens is 244 g/mol. The van der Waals surface area contributed by atoms with Crippen molar-refractivity contribution in [2.75, 3.05) is 27.2 Å². The summed E-state index contributed by atoms with van der Waals surface area (Å²) in [5, 5.41) is 3.46. The molecule has 0 aromatic heterocycles. The molecule has 1 aliphatic rings. The molecule has 2 nitrogen and oxygen atoms in total. The number of benzene rings is 1. The number of hydrogen-bond donors (Lipinski definition) is 1. The van der Waals surface area contributed by atoms with Crippen LogP contribution < -0.4 is 5.32 Å². The summed E-state index contributed by atoms with van der Waals surface area (Å²) in [6.45, 7) is 4.60. The zero-order chi connectivity index (χ0) is 14.4. The highest BCUT2D eigenvalue weighted by atomic mass is 15.1. The van der Waals surface area contributed by atoms with Gasteiger partial charge in [0.2, 0.25) is 0 Å². The summed E-state index contributed by atoms with van der Waals surface area (Å²) in [4.78, 5) is 2.52. The molecule has 2 heteroatoms. The van der Waals surface area contributed by atoms with Crippen molar-refractivity contribution in [3.8, 4) is 0 Å². The van der Waals surface area contributed by atoms with Crippen molar-refractivity contribution >= 4 is 0 Å². The van der Waals surface area contributed by atoms with E-state index in [9.17, 15) is 0 Å². The highest BCUT2D eigenvalue weighted by molar-refractivity contribution is 5.24. The first-order valence-electron chi connectivity index (χ1n) is 8.11. The molecule has 112 valence electrons. The molecule has 0 bridgehead atoms. The highest BCUT2D eigenvalue weighted by Crippen LogP contribution is 2.25. The van der Waals surface area contributed by atoms with Gasteiger partial charge in [-0.3, -0.25) is 0 Å². The Morgan fingerprint density at radius 3 is 2.45 bits per heavy atom. The smallest absolute Gasteiger partial charge is 0.0329 e. The fourth-order valence-corrected chi connectivity index (χ4v) is 3.35. The largest absolute Gasteiger partial charge is 0.313 e. The van der Waals surface area contributed by atoms with Crippen LogP contribution in [0.1, 0.15) is 49.3 Å². The monoisotopic (exact) mass is 274 g/mol. The predicted molar refractivity (Wildman–Crippen MR) is 87.1 cm³/mol. The number of hydrogen-bond acceptors (Lipinski definition) is 2. The number of rotatable bonds is 7. The van der Waals surface area contributed by atoms with Crippen molar-refractivity contribution in [2.24, 2.45) is 5.92 Å². The Kier molecular flexibility index (Phi) is 6.06. The Bertz CT molecular complexity index is 379. The van der Waals surface area contributed by atoms with E-state index in [0.29, 0.717) is 6.04 Å². The van der Waals surface area contributed by atoms with Crippen LogP contribution in [-0.2, 0) is 0 Å². The fourth-order valence-electron chi connectivity index (χ4n) is 3.35. The maximum absolute atomic E-state index is 3.46. The van der Waals surface area contributed by atoms with Crippen LogP contribution in [0.2, 0.25) is 0 Å². The van der Waals surface area contributed by atoms with Gasteiger partial charge in [-0.1, -0.05) is 42.7 Å². The van der Waals surface area contributed by atoms with E-state index in [1.54, 1.807) is 0 Å². The molecule has 1 fully saturated rings. The van der Waals surface area contributed by atoms with Gasteiger partial charge in [0, 0.05) is 12.6 Å². The van der Waals surface area contributed by atoms with Crippen LogP contribution >= 0.6 is 0 Å². The van der Waals surface area contributed by atoms with Crippen LogP contribution in [-0.4, -0.2) is 32.1 Å². The van der Waals surface area contributed by atoms with Gasteiger partial charge in [-0.2, -0.15) is 0 Å². The predicted octanol–water partition coefficient (Wildman–Crippen LogP) is 3.77. The van der Waals surface area contributed by atoms with Gasteiger partial charge in [0.15, 0.2) is 0 Å². The van der Waals surface area contributed by atoms with Crippen molar-refractivity contribution < 1.29 is 0 Å². The molecule has 2 rings (SSSR count). The van der Waals surface area contributed by atoms with E-state index < -0.39 is 0 Å². The minimum atomic E-state index is 0.474. The summed E-state index contributed by atoms with van der Waals surface area (Å²) in [5.41, 5.74) is 2.74. The van der Waals surface area contributed by atoms with E-state index in [0.717, 1.165) is 5.92 Å². The molecule has 1 aliphatic carbocycles. The Labute approximate surface area is 124 Å². The lowest BCUT2D eigenvalue weighted by Crippen LogP contribution is -2.29. The first-order chi connectivity index (χ1) is 9.69. The summed E-state index contributed by atoms with van der Waals surface area (Å²) in [5.74, 6) is 0.951. The normalized spacial score (nSPS) is 17.8. The van der Waals surface area contributed by atoms with Gasteiger partial charge in [0.25, 0.3) is 0 Å². The molecule has 0 radical (unpaired) electrons. The second-order valence-electron chi connectivity index (χ2n) is 6.45. The average Bonchev–Trinajstić information content (AvgIpc) is 2.94.